The van der Waals surface area contributed by atoms with Crippen LogP contribution in [0.25, 0.3) is 0 Å². The number of carbonyl (C=O) groups excluding carboxylic acids is 2. The molecule has 1 N–H and O–H groups in total. The van der Waals surface area contributed by atoms with Crippen LogP contribution in [0.3, 0.4) is 0 Å². The summed E-state index contributed by atoms with van der Waals surface area (Å²) in [6.07, 6.45) is 3.48. The van der Waals surface area contributed by atoms with Crippen molar-refractivity contribution in [1.29, 1.82) is 5.26 Å². The van der Waals surface area contributed by atoms with Crippen molar-refractivity contribution in [2.45, 2.75) is 25.5 Å². The van der Waals surface area contributed by atoms with E-state index in [9.17, 15) is 14.9 Å². The van der Waals surface area contributed by atoms with Gasteiger partial charge in [-0.25, -0.2) is 9.59 Å². The topological polar surface area (TPSA) is 101 Å². The first kappa shape index (κ1) is 23.1. The van der Waals surface area contributed by atoms with Crippen LogP contribution in [-0.4, -0.2) is 30.6 Å². The van der Waals surface area contributed by atoms with Crippen molar-refractivity contribution in [3.8, 4) is 6.07 Å². The normalized spacial score (nSPS) is 15.6. The van der Waals surface area contributed by atoms with Gasteiger partial charge in [0.15, 0.2) is 0 Å². The molecule has 0 spiro atoms. The zero-order chi connectivity index (χ0) is 23.1. The summed E-state index contributed by atoms with van der Waals surface area (Å²) in [4.78, 5) is 28.8. The predicted octanol–water partition coefficient (Wildman–Crippen LogP) is 4.06. The van der Waals surface area contributed by atoms with Crippen LogP contribution in [0, 0.1) is 11.3 Å². The molecule has 2 heterocycles. The standard InChI is InChI=1S/C24H23N3O4S/c1-4-31-24(29)20-15(2)27-22(32-14-16-6-5-11-26-13-16)19(12-25)21(20)17-7-9-18(10-8-17)23(28)30-3/h5-11,13,21,27H,4,14H2,1-3H3. The molecule has 0 amide bonds. The van der Waals surface area contributed by atoms with Gasteiger partial charge in [-0.05, 0) is 43.2 Å². The van der Waals surface area contributed by atoms with Crippen LogP contribution in [0.2, 0.25) is 0 Å². The predicted molar refractivity (Wildman–Crippen MR) is 121 cm³/mol. The highest BCUT2D eigenvalue weighted by atomic mass is 32.2. The number of benzene rings is 1. The third kappa shape index (κ3) is 5.01. The number of ether oxygens (including phenoxy) is 2. The Balaban J connectivity index is 2.03. The van der Waals surface area contributed by atoms with Crippen molar-refractivity contribution in [2.75, 3.05) is 13.7 Å². The lowest BCUT2D eigenvalue weighted by molar-refractivity contribution is -0.138. The highest BCUT2D eigenvalue weighted by Gasteiger charge is 2.35. The fraction of sp³-hybridized carbons (Fsp3) is 0.250. The number of rotatable bonds is 7. The molecule has 1 aliphatic rings. The lowest BCUT2D eigenvalue weighted by atomic mass is 9.82. The zero-order valence-corrected chi connectivity index (χ0v) is 18.9. The van der Waals surface area contributed by atoms with E-state index in [-0.39, 0.29) is 6.61 Å². The molecule has 2 aromatic rings. The highest BCUT2D eigenvalue weighted by molar-refractivity contribution is 8.02. The number of dihydropyridines is 1. The van der Waals surface area contributed by atoms with Gasteiger partial charge in [-0.1, -0.05) is 18.2 Å². The lowest BCUT2D eigenvalue weighted by Crippen LogP contribution is -2.29. The number of nitrogens with zero attached hydrogens (tertiary/aromatic N) is 2. The minimum atomic E-state index is -0.622. The van der Waals surface area contributed by atoms with Crippen molar-refractivity contribution in [2.24, 2.45) is 0 Å². The van der Waals surface area contributed by atoms with Gasteiger partial charge in [0, 0.05) is 23.8 Å². The number of hydrogen-bond donors (Lipinski definition) is 1. The molecular weight excluding hydrogens is 426 g/mol. The van der Waals surface area contributed by atoms with Crippen molar-refractivity contribution in [1.82, 2.24) is 10.3 Å². The fourth-order valence-corrected chi connectivity index (χ4v) is 4.43. The number of hydrogen-bond acceptors (Lipinski definition) is 8. The van der Waals surface area contributed by atoms with Crippen LogP contribution in [0.1, 0.15) is 41.3 Å². The third-order valence-electron chi connectivity index (χ3n) is 4.91. The zero-order valence-electron chi connectivity index (χ0n) is 18.0. The van der Waals surface area contributed by atoms with Crippen LogP contribution >= 0.6 is 11.8 Å². The summed E-state index contributed by atoms with van der Waals surface area (Å²) in [5, 5.41) is 14.0. The maximum atomic E-state index is 12.8. The van der Waals surface area contributed by atoms with Gasteiger partial charge in [0.1, 0.15) is 0 Å². The Labute approximate surface area is 191 Å². The summed E-state index contributed by atoms with van der Waals surface area (Å²) >= 11 is 1.47. The monoisotopic (exact) mass is 449 g/mol. The Morgan fingerprint density at radius 3 is 2.56 bits per heavy atom. The van der Waals surface area contributed by atoms with E-state index in [0.717, 1.165) is 5.56 Å². The van der Waals surface area contributed by atoms with Gasteiger partial charge in [0.2, 0.25) is 0 Å². The van der Waals surface area contributed by atoms with Crippen LogP contribution < -0.4 is 5.32 Å². The van der Waals surface area contributed by atoms with E-state index in [0.29, 0.717) is 38.8 Å². The van der Waals surface area contributed by atoms with Gasteiger partial charge in [-0.2, -0.15) is 5.26 Å². The number of esters is 2. The Bertz CT molecular complexity index is 1100. The van der Waals surface area contributed by atoms with E-state index in [4.69, 9.17) is 9.47 Å². The van der Waals surface area contributed by atoms with Crippen LogP contribution in [0.15, 0.2) is 70.7 Å². The first-order valence-corrected chi connectivity index (χ1v) is 11.0. The molecular formula is C24H23N3O4S. The molecule has 1 atom stereocenters. The van der Waals surface area contributed by atoms with Crippen molar-refractivity contribution in [3.63, 3.8) is 0 Å². The molecule has 1 aromatic heterocycles. The molecule has 1 aromatic carbocycles. The minimum Gasteiger partial charge on any atom is -0.465 e. The molecule has 0 fully saturated rings. The van der Waals surface area contributed by atoms with Gasteiger partial charge in [0.25, 0.3) is 0 Å². The SMILES string of the molecule is CCOC(=O)C1=C(C)NC(SCc2cccnc2)=C(C#N)C1c1ccc(C(=O)OC)cc1. The summed E-state index contributed by atoms with van der Waals surface area (Å²) < 4.78 is 10.0. The summed E-state index contributed by atoms with van der Waals surface area (Å²) in [7, 11) is 1.32. The second-order valence-corrected chi connectivity index (χ2v) is 7.92. The number of aromatic nitrogens is 1. The van der Waals surface area contributed by atoms with Gasteiger partial charge in [-0.15, -0.1) is 11.8 Å². The number of nitriles is 1. The molecule has 8 heteroatoms. The number of methoxy groups -OCH3 is 1. The van der Waals surface area contributed by atoms with Crippen molar-refractivity contribution >= 4 is 23.7 Å². The Morgan fingerprint density at radius 2 is 1.97 bits per heavy atom. The number of thioether (sulfide) groups is 1. The minimum absolute atomic E-state index is 0.220. The maximum Gasteiger partial charge on any atom is 0.337 e. The maximum absolute atomic E-state index is 12.8. The summed E-state index contributed by atoms with van der Waals surface area (Å²) in [5.74, 6) is -0.952. The van der Waals surface area contributed by atoms with Gasteiger partial charge < -0.3 is 14.8 Å². The lowest BCUT2D eigenvalue weighted by Gasteiger charge is -2.29. The van der Waals surface area contributed by atoms with E-state index in [1.807, 2.05) is 12.1 Å². The smallest absolute Gasteiger partial charge is 0.337 e. The molecule has 0 bridgehead atoms. The van der Waals surface area contributed by atoms with Crippen LogP contribution in [0.5, 0.6) is 0 Å². The highest BCUT2D eigenvalue weighted by Crippen LogP contribution is 2.41. The number of carbonyl (C=O) groups is 2. The van der Waals surface area contributed by atoms with Gasteiger partial charge in [-0.3, -0.25) is 4.98 Å². The molecule has 7 nitrogen and oxygen atoms in total. The number of pyridine rings is 1. The largest absolute Gasteiger partial charge is 0.465 e. The van der Waals surface area contributed by atoms with E-state index < -0.39 is 17.9 Å². The average Bonchev–Trinajstić information content (AvgIpc) is 2.82. The Kier molecular flexibility index (Phi) is 7.68. The first-order chi connectivity index (χ1) is 15.5. The third-order valence-corrected chi connectivity index (χ3v) is 6.00. The molecule has 32 heavy (non-hydrogen) atoms. The van der Waals surface area contributed by atoms with Gasteiger partial charge >= 0.3 is 11.9 Å². The Morgan fingerprint density at radius 1 is 1.22 bits per heavy atom. The van der Waals surface area contributed by atoms with Crippen LogP contribution in [0.4, 0.5) is 0 Å². The molecule has 1 unspecified atom stereocenters. The molecule has 3 rings (SSSR count). The molecule has 0 aliphatic carbocycles. The van der Waals surface area contributed by atoms with Crippen molar-refractivity contribution in [3.05, 3.63) is 87.4 Å². The first-order valence-electron chi connectivity index (χ1n) is 9.99. The quantitative estimate of drug-likeness (QED) is 0.632. The molecule has 0 radical (unpaired) electrons. The average molecular weight is 450 g/mol. The van der Waals surface area contributed by atoms with Gasteiger partial charge in [0.05, 0.1) is 47.4 Å². The van der Waals surface area contributed by atoms with E-state index in [2.05, 4.69) is 16.4 Å². The number of allylic oxidation sites excluding steroid dienone is 2. The second kappa shape index (κ2) is 10.6. The number of nitrogens with one attached hydrogen (secondary N) is 1. The van der Waals surface area contributed by atoms with E-state index in [1.165, 1.54) is 18.9 Å². The second-order valence-electron chi connectivity index (χ2n) is 6.94. The molecule has 0 saturated carbocycles. The molecule has 164 valence electrons. The van der Waals surface area contributed by atoms with Crippen molar-refractivity contribution < 1.29 is 19.1 Å². The van der Waals surface area contributed by atoms with E-state index in [1.54, 1.807) is 50.5 Å². The molecule has 0 saturated heterocycles. The van der Waals surface area contributed by atoms with Crippen LogP contribution in [-0.2, 0) is 20.0 Å². The summed E-state index contributed by atoms with van der Waals surface area (Å²) in [5.41, 5.74) is 3.52. The Hall–Kier alpha value is -3.57. The fourth-order valence-electron chi connectivity index (χ4n) is 3.41. The summed E-state index contributed by atoms with van der Waals surface area (Å²) in [6, 6.07) is 12.8. The molecule has 1 aliphatic heterocycles. The summed E-state index contributed by atoms with van der Waals surface area (Å²) in [6.45, 7) is 3.75. The van der Waals surface area contributed by atoms with E-state index >= 15 is 0 Å².